The van der Waals surface area contributed by atoms with E-state index in [0.717, 1.165) is 6.42 Å². The van der Waals surface area contributed by atoms with Gasteiger partial charge in [-0.3, -0.25) is 14.6 Å². The highest BCUT2D eigenvalue weighted by atomic mass is 16.5. The van der Waals surface area contributed by atoms with Gasteiger partial charge in [-0.25, -0.2) is 0 Å². The van der Waals surface area contributed by atoms with Crippen LogP contribution in [0.5, 0.6) is 11.5 Å². The molecule has 0 fully saturated rings. The van der Waals surface area contributed by atoms with Crippen molar-refractivity contribution in [2.24, 2.45) is 0 Å². The monoisotopic (exact) mass is 387 g/mol. The predicted molar refractivity (Wildman–Crippen MR) is 109 cm³/mol. The summed E-state index contributed by atoms with van der Waals surface area (Å²) in [4.78, 5) is 30.6. The van der Waals surface area contributed by atoms with E-state index in [1.807, 2.05) is 18.2 Å². The lowest BCUT2D eigenvalue weighted by Crippen LogP contribution is -2.42. The smallest absolute Gasteiger partial charge is 0.251 e. The largest absolute Gasteiger partial charge is 0.456 e. The molecule has 0 bridgehead atoms. The van der Waals surface area contributed by atoms with Crippen molar-refractivity contribution >= 4 is 11.8 Å². The second kappa shape index (κ2) is 8.56. The normalized spacial score (nSPS) is 12.8. The van der Waals surface area contributed by atoms with Crippen molar-refractivity contribution in [3.8, 4) is 11.5 Å². The van der Waals surface area contributed by atoms with Crippen LogP contribution in [0.1, 0.15) is 21.5 Å². The van der Waals surface area contributed by atoms with Gasteiger partial charge in [0.15, 0.2) is 0 Å². The van der Waals surface area contributed by atoms with Crippen LogP contribution in [-0.4, -0.2) is 34.8 Å². The van der Waals surface area contributed by atoms with Gasteiger partial charge < -0.3 is 15.0 Å². The number of nitrogens with one attached hydrogen (secondary N) is 1. The molecule has 1 N–H and O–H groups in total. The second-order valence-corrected chi connectivity index (χ2v) is 6.83. The first-order valence-corrected chi connectivity index (χ1v) is 9.50. The third-order valence-electron chi connectivity index (χ3n) is 4.87. The minimum Gasteiger partial charge on any atom is -0.456 e. The number of carbonyl (C=O) groups excluding carboxylic acids is 2. The van der Waals surface area contributed by atoms with E-state index in [1.54, 1.807) is 53.7 Å². The standard InChI is InChI=1S/C23H21N3O3/c27-22(26-13-11-17-4-1-2-5-19(17)16-26)15-25-23(28)18-7-9-20(10-8-18)29-21-6-3-12-24-14-21/h1-10,12,14H,11,13,15-16H2,(H,25,28). The molecule has 0 radical (unpaired) electrons. The molecule has 2 aromatic carbocycles. The van der Waals surface area contributed by atoms with Crippen LogP contribution in [-0.2, 0) is 17.8 Å². The van der Waals surface area contributed by atoms with Crippen molar-refractivity contribution in [2.75, 3.05) is 13.1 Å². The molecular formula is C23H21N3O3. The molecule has 29 heavy (non-hydrogen) atoms. The summed E-state index contributed by atoms with van der Waals surface area (Å²) in [5.41, 5.74) is 2.93. The van der Waals surface area contributed by atoms with Gasteiger partial charge in [0.1, 0.15) is 11.5 Å². The Morgan fingerprint density at radius 1 is 0.966 bits per heavy atom. The van der Waals surface area contributed by atoms with Crippen molar-refractivity contribution < 1.29 is 14.3 Å². The zero-order valence-corrected chi connectivity index (χ0v) is 15.9. The first kappa shape index (κ1) is 18.7. The minimum atomic E-state index is -0.288. The molecule has 0 saturated carbocycles. The number of nitrogens with zero attached hydrogens (tertiary/aromatic N) is 2. The Morgan fingerprint density at radius 3 is 2.52 bits per heavy atom. The lowest BCUT2D eigenvalue weighted by atomic mass is 10.00. The Kier molecular flexibility index (Phi) is 5.52. The zero-order valence-electron chi connectivity index (χ0n) is 15.9. The van der Waals surface area contributed by atoms with Crippen molar-refractivity contribution in [2.45, 2.75) is 13.0 Å². The number of fused-ring (bicyclic) bond motifs is 1. The number of aromatic nitrogens is 1. The maximum atomic E-state index is 12.5. The average Bonchev–Trinajstić information content (AvgIpc) is 2.78. The fraction of sp³-hybridized carbons (Fsp3) is 0.174. The molecule has 0 saturated heterocycles. The quantitative estimate of drug-likeness (QED) is 0.730. The third kappa shape index (κ3) is 4.60. The molecule has 2 heterocycles. The van der Waals surface area contributed by atoms with Gasteiger partial charge in [0.25, 0.3) is 5.91 Å². The Hall–Kier alpha value is -3.67. The van der Waals surface area contributed by atoms with Crippen molar-refractivity contribution in [3.05, 3.63) is 89.7 Å². The average molecular weight is 387 g/mol. The fourth-order valence-electron chi connectivity index (χ4n) is 3.30. The van der Waals surface area contributed by atoms with Crippen molar-refractivity contribution in [1.82, 2.24) is 15.2 Å². The van der Waals surface area contributed by atoms with Crippen LogP contribution in [0.4, 0.5) is 0 Å². The number of hydrogen-bond acceptors (Lipinski definition) is 4. The number of benzene rings is 2. The van der Waals surface area contributed by atoms with Gasteiger partial charge in [0, 0.05) is 24.8 Å². The number of amides is 2. The van der Waals surface area contributed by atoms with Gasteiger partial charge in [-0.2, -0.15) is 0 Å². The summed E-state index contributed by atoms with van der Waals surface area (Å²) in [6.07, 6.45) is 4.13. The van der Waals surface area contributed by atoms with Crippen LogP contribution in [0.2, 0.25) is 0 Å². The molecule has 6 heteroatoms. The SMILES string of the molecule is O=C(NCC(=O)N1CCc2ccccc2C1)c1ccc(Oc2cccnc2)cc1. The van der Waals surface area contributed by atoms with Gasteiger partial charge in [-0.1, -0.05) is 24.3 Å². The molecule has 0 atom stereocenters. The molecule has 3 aromatic rings. The van der Waals surface area contributed by atoms with E-state index in [0.29, 0.717) is 30.2 Å². The van der Waals surface area contributed by atoms with Crippen LogP contribution in [0.15, 0.2) is 73.1 Å². The highest BCUT2D eigenvalue weighted by molar-refractivity contribution is 5.96. The highest BCUT2D eigenvalue weighted by Crippen LogP contribution is 2.21. The van der Waals surface area contributed by atoms with Gasteiger partial charge in [0.05, 0.1) is 12.7 Å². The first-order chi connectivity index (χ1) is 14.2. The first-order valence-electron chi connectivity index (χ1n) is 9.50. The third-order valence-corrected chi connectivity index (χ3v) is 4.87. The summed E-state index contributed by atoms with van der Waals surface area (Å²) in [7, 11) is 0. The number of ether oxygens (including phenoxy) is 1. The molecule has 0 aliphatic carbocycles. The van der Waals surface area contributed by atoms with Crippen LogP contribution in [0, 0.1) is 0 Å². The van der Waals surface area contributed by atoms with E-state index in [9.17, 15) is 9.59 Å². The van der Waals surface area contributed by atoms with Gasteiger partial charge in [-0.05, 0) is 53.9 Å². The number of pyridine rings is 1. The van der Waals surface area contributed by atoms with Gasteiger partial charge in [0.2, 0.25) is 5.91 Å². The zero-order chi connectivity index (χ0) is 20.1. The van der Waals surface area contributed by atoms with Crippen molar-refractivity contribution in [3.63, 3.8) is 0 Å². The summed E-state index contributed by atoms with van der Waals surface area (Å²) >= 11 is 0. The molecule has 6 nitrogen and oxygen atoms in total. The van der Waals surface area contributed by atoms with E-state index in [2.05, 4.69) is 16.4 Å². The summed E-state index contributed by atoms with van der Waals surface area (Å²) in [6, 6.07) is 18.5. The van der Waals surface area contributed by atoms with Crippen molar-refractivity contribution in [1.29, 1.82) is 0 Å². The Balaban J connectivity index is 1.30. The molecule has 146 valence electrons. The van der Waals surface area contributed by atoms with E-state index in [-0.39, 0.29) is 18.4 Å². The minimum absolute atomic E-state index is 0.0189. The van der Waals surface area contributed by atoms with E-state index in [4.69, 9.17) is 4.74 Å². The fourth-order valence-corrected chi connectivity index (χ4v) is 3.30. The Morgan fingerprint density at radius 2 is 1.76 bits per heavy atom. The maximum Gasteiger partial charge on any atom is 0.251 e. The topological polar surface area (TPSA) is 71.5 Å². The molecule has 1 aliphatic heterocycles. The van der Waals surface area contributed by atoms with Crippen LogP contribution >= 0.6 is 0 Å². The molecule has 1 aliphatic rings. The lowest BCUT2D eigenvalue weighted by Gasteiger charge is -2.29. The summed E-state index contributed by atoms with van der Waals surface area (Å²) in [6.45, 7) is 1.24. The number of carbonyl (C=O) groups is 2. The van der Waals surface area contributed by atoms with Crippen LogP contribution < -0.4 is 10.1 Å². The van der Waals surface area contributed by atoms with E-state index in [1.165, 1.54) is 11.1 Å². The van der Waals surface area contributed by atoms with Crippen LogP contribution in [0.25, 0.3) is 0 Å². The predicted octanol–water partition coefficient (Wildman–Crippen LogP) is 3.19. The van der Waals surface area contributed by atoms with E-state index < -0.39 is 0 Å². The molecule has 4 rings (SSSR count). The Labute approximate surface area is 169 Å². The number of rotatable bonds is 5. The lowest BCUT2D eigenvalue weighted by molar-refractivity contribution is -0.131. The van der Waals surface area contributed by atoms with Gasteiger partial charge in [-0.15, -0.1) is 0 Å². The summed E-state index contributed by atoms with van der Waals surface area (Å²) in [5.74, 6) is 0.865. The van der Waals surface area contributed by atoms with E-state index >= 15 is 0 Å². The maximum absolute atomic E-state index is 12.5. The summed E-state index contributed by atoms with van der Waals surface area (Å²) in [5, 5.41) is 2.71. The molecule has 0 spiro atoms. The highest BCUT2D eigenvalue weighted by Gasteiger charge is 2.20. The van der Waals surface area contributed by atoms with Crippen LogP contribution in [0.3, 0.4) is 0 Å². The Bertz CT molecular complexity index is 1000. The molecular weight excluding hydrogens is 366 g/mol. The summed E-state index contributed by atoms with van der Waals surface area (Å²) < 4.78 is 5.66. The molecule has 1 aromatic heterocycles. The second-order valence-electron chi connectivity index (χ2n) is 6.83. The molecule has 0 unspecified atom stereocenters. The molecule has 2 amide bonds. The van der Waals surface area contributed by atoms with Gasteiger partial charge >= 0.3 is 0 Å². The number of hydrogen-bond donors (Lipinski definition) is 1.